The number of aromatic nitrogens is 1. The molecule has 0 spiro atoms. The highest BCUT2D eigenvalue weighted by Gasteiger charge is 2.31. The Morgan fingerprint density at radius 2 is 2.50 bits per heavy atom. The molecule has 0 unspecified atom stereocenters. The quantitative estimate of drug-likeness (QED) is 0.667. The van der Waals surface area contributed by atoms with Crippen molar-refractivity contribution < 1.29 is 4.39 Å². The number of pyridine rings is 1. The Labute approximate surface area is 85.9 Å². The number of halogens is 2. The molecule has 1 atom stereocenters. The van der Waals surface area contributed by atoms with Crippen molar-refractivity contribution in [3.8, 4) is 0 Å². The van der Waals surface area contributed by atoms with Gasteiger partial charge in [-0.2, -0.15) is 0 Å². The Kier molecular flexibility index (Phi) is 1.62. The molecular weight excluding hydrogens is 205 g/mol. The lowest BCUT2D eigenvalue weighted by molar-refractivity contribution is 0.620. The average Bonchev–Trinajstić information content (AvgIpc) is 2.54. The van der Waals surface area contributed by atoms with E-state index >= 15 is 0 Å². The van der Waals surface area contributed by atoms with Crippen molar-refractivity contribution in [3.63, 3.8) is 0 Å². The molecule has 5 heteroatoms. The molecule has 0 amide bonds. The van der Waals surface area contributed by atoms with Crippen molar-refractivity contribution in [2.24, 2.45) is 0 Å². The minimum absolute atomic E-state index is 0.0567. The zero-order chi connectivity index (χ0) is 9.71. The fraction of sp³-hybridized carbons (Fsp3) is 0.444. The molecule has 1 fully saturated rings. The molecule has 14 heavy (non-hydrogen) atoms. The Hall–Kier alpha value is -1.03. The van der Waals surface area contributed by atoms with E-state index in [1.165, 1.54) is 6.07 Å². The van der Waals surface area contributed by atoms with E-state index in [-0.39, 0.29) is 5.15 Å². The number of hydrogen-bond donors (Lipinski definition) is 1. The smallest absolute Gasteiger partial charge is 0.167 e. The van der Waals surface area contributed by atoms with E-state index in [0.29, 0.717) is 11.9 Å². The zero-order valence-corrected chi connectivity index (χ0v) is 8.18. The molecular formula is C9H9ClFN3. The first kappa shape index (κ1) is 8.29. The third kappa shape index (κ3) is 1.07. The second kappa shape index (κ2) is 2.73. The van der Waals surface area contributed by atoms with Crippen LogP contribution in [-0.4, -0.2) is 24.1 Å². The van der Waals surface area contributed by atoms with E-state index in [1.807, 2.05) is 0 Å². The molecule has 1 aromatic rings. The van der Waals surface area contributed by atoms with Gasteiger partial charge in [-0.3, -0.25) is 0 Å². The molecule has 1 saturated heterocycles. The molecule has 3 nitrogen and oxygen atoms in total. The summed E-state index contributed by atoms with van der Waals surface area (Å²) in [5.41, 5.74) is 0.834. The van der Waals surface area contributed by atoms with Gasteiger partial charge in [-0.1, -0.05) is 11.6 Å². The van der Waals surface area contributed by atoms with Crippen molar-refractivity contribution in [2.45, 2.75) is 12.5 Å². The highest BCUT2D eigenvalue weighted by molar-refractivity contribution is 6.29. The third-order valence-electron chi connectivity index (χ3n) is 2.78. The maximum Gasteiger partial charge on any atom is 0.167 e. The van der Waals surface area contributed by atoms with Crippen LogP contribution in [0.5, 0.6) is 0 Å². The lowest BCUT2D eigenvalue weighted by Crippen LogP contribution is -2.32. The lowest BCUT2D eigenvalue weighted by atomic mass is 10.2. The third-order valence-corrected chi connectivity index (χ3v) is 3.05. The van der Waals surface area contributed by atoms with E-state index < -0.39 is 5.82 Å². The maximum atomic E-state index is 13.2. The van der Waals surface area contributed by atoms with Crippen LogP contribution in [0.25, 0.3) is 0 Å². The minimum atomic E-state index is -0.447. The molecule has 2 bridgehead atoms. The second-order valence-electron chi connectivity index (χ2n) is 3.70. The Bertz CT molecular complexity index is 396. The number of hydrogen-bond acceptors (Lipinski definition) is 3. The number of nitrogens with zero attached hydrogens (tertiary/aromatic N) is 2. The van der Waals surface area contributed by atoms with Gasteiger partial charge < -0.3 is 10.2 Å². The van der Waals surface area contributed by atoms with Crippen LogP contribution in [0, 0.1) is 5.82 Å². The lowest BCUT2D eigenvalue weighted by Gasteiger charge is -2.27. The predicted octanol–water partition coefficient (Wildman–Crippen LogP) is 1.88. The van der Waals surface area contributed by atoms with Gasteiger partial charge in [0.05, 0.1) is 5.69 Å². The van der Waals surface area contributed by atoms with Gasteiger partial charge in [-0.15, -0.1) is 0 Å². The van der Waals surface area contributed by atoms with Gasteiger partial charge in [0.15, 0.2) is 16.8 Å². The van der Waals surface area contributed by atoms with E-state index in [9.17, 15) is 4.39 Å². The summed E-state index contributed by atoms with van der Waals surface area (Å²) in [6.45, 7) is 1.91. The monoisotopic (exact) mass is 213 g/mol. The van der Waals surface area contributed by atoms with Gasteiger partial charge in [0.25, 0.3) is 0 Å². The minimum Gasteiger partial charge on any atom is -0.366 e. The van der Waals surface area contributed by atoms with Crippen molar-refractivity contribution in [1.82, 2.24) is 4.98 Å². The molecule has 0 radical (unpaired) electrons. The molecule has 3 heterocycles. The van der Waals surface area contributed by atoms with E-state index in [4.69, 9.17) is 11.6 Å². The van der Waals surface area contributed by atoms with Gasteiger partial charge in [0.1, 0.15) is 0 Å². The van der Waals surface area contributed by atoms with Crippen LogP contribution >= 0.6 is 11.6 Å². The van der Waals surface area contributed by atoms with E-state index in [0.717, 1.165) is 25.2 Å². The zero-order valence-electron chi connectivity index (χ0n) is 7.43. The summed E-state index contributed by atoms with van der Waals surface area (Å²) in [5, 5.41) is 3.20. The first-order chi connectivity index (χ1) is 6.74. The Morgan fingerprint density at radius 1 is 1.64 bits per heavy atom. The van der Waals surface area contributed by atoms with Crippen molar-refractivity contribution >= 4 is 23.1 Å². The van der Waals surface area contributed by atoms with Gasteiger partial charge in [0, 0.05) is 25.2 Å². The van der Waals surface area contributed by atoms with Crippen LogP contribution in [0.2, 0.25) is 5.15 Å². The molecule has 0 aliphatic carbocycles. The summed E-state index contributed by atoms with van der Waals surface area (Å²) in [7, 11) is 0. The number of nitrogens with one attached hydrogen (secondary N) is 1. The van der Waals surface area contributed by atoms with E-state index in [1.54, 1.807) is 0 Å². The number of rotatable bonds is 0. The summed E-state index contributed by atoms with van der Waals surface area (Å²) in [4.78, 5) is 6.13. The molecule has 0 saturated carbocycles. The normalized spacial score (nSPS) is 23.3. The predicted molar refractivity (Wildman–Crippen MR) is 53.4 cm³/mol. The highest BCUT2D eigenvalue weighted by atomic mass is 35.5. The first-order valence-corrected chi connectivity index (χ1v) is 4.99. The summed E-state index contributed by atoms with van der Waals surface area (Å²) in [6, 6.07) is 1.90. The Balaban J connectivity index is 2.14. The van der Waals surface area contributed by atoms with Gasteiger partial charge in [0.2, 0.25) is 0 Å². The number of anilines is 2. The van der Waals surface area contributed by atoms with Gasteiger partial charge >= 0.3 is 0 Å². The van der Waals surface area contributed by atoms with Crippen molar-refractivity contribution in [1.29, 1.82) is 0 Å². The average molecular weight is 214 g/mol. The maximum absolute atomic E-state index is 13.2. The van der Waals surface area contributed by atoms with E-state index in [2.05, 4.69) is 15.2 Å². The fourth-order valence-corrected chi connectivity index (χ4v) is 2.23. The van der Waals surface area contributed by atoms with Crippen LogP contribution < -0.4 is 10.2 Å². The molecule has 2 aliphatic heterocycles. The second-order valence-corrected chi connectivity index (χ2v) is 4.06. The van der Waals surface area contributed by atoms with Gasteiger partial charge in [-0.25, -0.2) is 9.37 Å². The van der Waals surface area contributed by atoms with Crippen LogP contribution in [0.3, 0.4) is 0 Å². The largest absolute Gasteiger partial charge is 0.366 e. The van der Waals surface area contributed by atoms with Crippen molar-refractivity contribution in [3.05, 3.63) is 17.0 Å². The molecule has 3 rings (SSSR count). The summed E-state index contributed by atoms with van der Waals surface area (Å²) >= 11 is 5.62. The number of fused-ring (bicyclic) bond motifs is 4. The fourth-order valence-electron chi connectivity index (χ4n) is 2.09. The topological polar surface area (TPSA) is 28.2 Å². The van der Waals surface area contributed by atoms with Crippen LogP contribution in [0.4, 0.5) is 15.9 Å². The summed E-state index contributed by atoms with van der Waals surface area (Å²) in [5.74, 6) is 0.266. The van der Waals surface area contributed by atoms with Crippen LogP contribution in [-0.2, 0) is 0 Å². The molecule has 0 aromatic carbocycles. The summed E-state index contributed by atoms with van der Waals surface area (Å²) < 4.78 is 13.2. The molecule has 1 N–H and O–H groups in total. The van der Waals surface area contributed by atoms with Crippen LogP contribution in [0.15, 0.2) is 6.07 Å². The summed E-state index contributed by atoms with van der Waals surface area (Å²) in [6.07, 6.45) is 1.08. The Morgan fingerprint density at radius 3 is 3.36 bits per heavy atom. The standard InChI is InChI=1S/C9H9ClFN3/c10-8-6(11)3-7-9(13-8)12-5-1-2-14(7)4-5/h3,5H,1-2,4H2,(H,12,13)/t5-/m0/s1. The van der Waals surface area contributed by atoms with Crippen molar-refractivity contribution in [2.75, 3.05) is 23.3 Å². The molecule has 74 valence electrons. The highest BCUT2D eigenvalue weighted by Crippen LogP contribution is 2.35. The van der Waals surface area contributed by atoms with Gasteiger partial charge in [-0.05, 0) is 6.42 Å². The first-order valence-electron chi connectivity index (χ1n) is 4.61. The molecule has 2 aliphatic rings. The van der Waals surface area contributed by atoms with Crippen LogP contribution in [0.1, 0.15) is 6.42 Å². The SMILES string of the molecule is Fc1cc2c(nc1Cl)N[C@H]1CCN2C1. The molecule has 1 aromatic heterocycles.